The number of benzene rings is 1. The average Bonchev–Trinajstić information content (AvgIpc) is 2.56. The van der Waals surface area contributed by atoms with Gasteiger partial charge in [-0.05, 0) is 43.7 Å². The van der Waals surface area contributed by atoms with Crippen LogP contribution in [0.15, 0.2) is 29.3 Å². The van der Waals surface area contributed by atoms with Crippen molar-refractivity contribution in [2.45, 2.75) is 25.3 Å². The van der Waals surface area contributed by atoms with Gasteiger partial charge in [0.15, 0.2) is 0 Å². The van der Waals surface area contributed by atoms with Gasteiger partial charge < -0.3 is 10.4 Å². The van der Waals surface area contributed by atoms with Crippen LogP contribution in [-0.2, 0) is 4.79 Å². The highest BCUT2D eigenvalue weighted by molar-refractivity contribution is 7.99. The summed E-state index contributed by atoms with van der Waals surface area (Å²) >= 11 is 7.32. The molecule has 2 aromatic rings. The number of carbonyl (C=O) groups excluding carboxylic acids is 1. The summed E-state index contributed by atoms with van der Waals surface area (Å²) < 4.78 is 0. The number of rotatable bonds is 6. The van der Waals surface area contributed by atoms with Crippen LogP contribution in [-0.4, -0.2) is 27.7 Å². The molecule has 0 saturated carbocycles. The molecule has 6 nitrogen and oxygen atoms in total. The number of aromatic carboxylic acids is 1. The van der Waals surface area contributed by atoms with E-state index in [1.807, 2.05) is 19.9 Å². The third-order valence-electron chi connectivity index (χ3n) is 3.48. The first-order valence-corrected chi connectivity index (χ1v) is 9.02. The molecule has 0 fully saturated rings. The molecular formula is C18H16ClN3O3S. The van der Waals surface area contributed by atoms with E-state index in [4.69, 9.17) is 16.7 Å². The van der Waals surface area contributed by atoms with Gasteiger partial charge in [0.05, 0.1) is 21.8 Å². The van der Waals surface area contributed by atoms with Crippen LogP contribution in [0.2, 0.25) is 5.02 Å². The van der Waals surface area contributed by atoms with Crippen LogP contribution < -0.4 is 5.32 Å². The Hall–Kier alpha value is -2.56. The second-order valence-electron chi connectivity index (χ2n) is 5.52. The Morgan fingerprint density at radius 1 is 1.35 bits per heavy atom. The first kappa shape index (κ1) is 19.8. The van der Waals surface area contributed by atoms with Crippen molar-refractivity contribution < 1.29 is 14.7 Å². The van der Waals surface area contributed by atoms with Crippen LogP contribution in [0, 0.1) is 25.2 Å². The van der Waals surface area contributed by atoms with E-state index in [9.17, 15) is 14.9 Å². The highest BCUT2D eigenvalue weighted by Gasteiger charge is 2.12. The van der Waals surface area contributed by atoms with Crippen molar-refractivity contribution in [2.75, 3.05) is 11.1 Å². The quantitative estimate of drug-likeness (QED) is 0.722. The number of aryl methyl sites for hydroxylation is 2. The van der Waals surface area contributed by atoms with Crippen molar-refractivity contribution in [1.82, 2.24) is 4.98 Å². The molecule has 0 spiro atoms. The lowest BCUT2D eigenvalue weighted by atomic mass is 10.1. The van der Waals surface area contributed by atoms with Gasteiger partial charge in [0.2, 0.25) is 5.91 Å². The number of nitrogens with zero attached hydrogens (tertiary/aromatic N) is 2. The van der Waals surface area contributed by atoms with Crippen LogP contribution in [0.1, 0.15) is 33.6 Å². The second-order valence-corrected chi connectivity index (χ2v) is 7.01. The van der Waals surface area contributed by atoms with E-state index in [-0.39, 0.29) is 28.6 Å². The number of carboxylic acid groups (broad SMARTS) is 1. The minimum atomic E-state index is -1.10. The molecule has 1 aromatic heterocycles. The van der Waals surface area contributed by atoms with Crippen LogP contribution in [0.5, 0.6) is 0 Å². The largest absolute Gasteiger partial charge is 0.478 e. The highest BCUT2D eigenvalue weighted by atomic mass is 35.5. The Labute approximate surface area is 160 Å². The van der Waals surface area contributed by atoms with E-state index >= 15 is 0 Å². The number of pyridine rings is 1. The molecule has 0 aliphatic rings. The number of thioether (sulfide) groups is 1. The van der Waals surface area contributed by atoms with Crippen molar-refractivity contribution >= 4 is 40.9 Å². The van der Waals surface area contributed by atoms with Crippen molar-refractivity contribution in [2.24, 2.45) is 0 Å². The molecule has 1 amide bonds. The van der Waals surface area contributed by atoms with E-state index in [0.29, 0.717) is 16.3 Å². The Kier molecular flexibility index (Phi) is 6.61. The fourth-order valence-electron chi connectivity index (χ4n) is 2.25. The third kappa shape index (κ3) is 4.97. The molecule has 26 heavy (non-hydrogen) atoms. The topological polar surface area (TPSA) is 103 Å². The van der Waals surface area contributed by atoms with E-state index in [0.717, 1.165) is 11.3 Å². The van der Waals surface area contributed by atoms with Gasteiger partial charge in [-0.2, -0.15) is 5.26 Å². The van der Waals surface area contributed by atoms with Gasteiger partial charge in [0.1, 0.15) is 11.1 Å². The van der Waals surface area contributed by atoms with Crippen LogP contribution in [0.3, 0.4) is 0 Å². The number of carbonyl (C=O) groups is 2. The summed E-state index contributed by atoms with van der Waals surface area (Å²) in [6.45, 7) is 3.70. The van der Waals surface area contributed by atoms with Crippen LogP contribution >= 0.6 is 23.4 Å². The van der Waals surface area contributed by atoms with Gasteiger partial charge in [-0.3, -0.25) is 4.79 Å². The zero-order valence-electron chi connectivity index (χ0n) is 14.2. The maximum absolute atomic E-state index is 12.1. The normalized spacial score (nSPS) is 10.2. The van der Waals surface area contributed by atoms with Crippen molar-refractivity contribution in [3.63, 3.8) is 0 Å². The van der Waals surface area contributed by atoms with E-state index < -0.39 is 5.97 Å². The lowest BCUT2D eigenvalue weighted by molar-refractivity contribution is -0.115. The molecule has 0 atom stereocenters. The van der Waals surface area contributed by atoms with Crippen molar-refractivity contribution in [1.29, 1.82) is 5.26 Å². The second kappa shape index (κ2) is 8.70. The number of amides is 1. The number of halogens is 1. The lowest BCUT2D eigenvalue weighted by Crippen LogP contribution is -2.13. The van der Waals surface area contributed by atoms with Gasteiger partial charge in [-0.25, -0.2) is 9.78 Å². The number of hydrogen-bond donors (Lipinski definition) is 2. The fourth-order valence-corrected chi connectivity index (χ4v) is 3.46. The highest BCUT2D eigenvalue weighted by Crippen LogP contribution is 2.26. The summed E-state index contributed by atoms with van der Waals surface area (Å²) in [6, 6.07) is 8.08. The van der Waals surface area contributed by atoms with Gasteiger partial charge in [-0.1, -0.05) is 11.6 Å². The number of carboxylic acids is 1. The third-order valence-corrected chi connectivity index (χ3v) is 4.79. The molecule has 134 valence electrons. The van der Waals surface area contributed by atoms with E-state index in [1.165, 1.54) is 30.0 Å². The number of aromatic nitrogens is 1. The molecule has 8 heteroatoms. The zero-order valence-corrected chi connectivity index (χ0v) is 15.7. The standard InChI is InChI=1S/C18H16ClN3O3S/c1-10-7-11(2)21-17(13(10)9-20)26-6-5-16(23)22-15-8-12(18(24)25)3-4-14(15)19/h3-4,7-8H,5-6H2,1-2H3,(H,22,23)(H,24,25). The summed E-state index contributed by atoms with van der Waals surface area (Å²) in [4.78, 5) is 27.5. The molecule has 0 saturated heterocycles. The molecular weight excluding hydrogens is 374 g/mol. The Balaban J connectivity index is 2.00. The minimum Gasteiger partial charge on any atom is -0.478 e. The Morgan fingerprint density at radius 2 is 2.08 bits per heavy atom. The lowest BCUT2D eigenvalue weighted by Gasteiger charge is -2.09. The van der Waals surface area contributed by atoms with Crippen LogP contribution in [0.25, 0.3) is 0 Å². The van der Waals surface area contributed by atoms with Crippen molar-refractivity contribution in [3.8, 4) is 6.07 Å². The van der Waals surface area contributed by atoms with Gasteiger partial charge in [0.25, 0.3) is 0 Å². The molecule has 2 rings (SSSR count). The van der Waals surface area contributed by atoms with Gasteiger partial charge >= 0.3 is 5.97 Å². The predicted octanol–water partition coefficient (Wildman–Crippen LogP) is 4.04. The fraction of sp³-hybridized carbons (Fsp3) is 0.222. The Bertz CT molecular complexity index is 909. The average molecular weight is 390 g/mol. The van der Waals surface area contributed by atoms with Crippen LogP contribution in [0.4, 0.5) is 5.69 Å². The molecule has 0 unspecified atom stereocenters. The summed E-state index contributed by atoms with van der Waals surface area (Å²) in [7, 11) is 0. The number of nitrogens with one attached hydrogen (secondary N) is 1. The maximum atomic E-state index is 12.1. The zero-order chi connectivity index (χ0) is 19.3. The molecule has 0 aliphatic carbocycles. The van der Waals surface area contributed by atoms with Gasteiger partial charge in [0, 0.05) is 17.9 Å². The summed E-state index contributed by atoms with van der Waals surface area (Å²) in [5.41, 5.74) is 2.47. The minimum absolute atomic E-state index is 0.0390. The predicted molar refractivity (Wildman–Crippen MR) is 101 cm³/mol. The molecule has 1 heterocycles. The Morgan fingerprint density at radius 3 is 2.73 bits per heavy atom. The molecule has 0 bridgehead atoms. The number of hydrogen-bond acceptors (Lipinski definition) is 5. The molecule has 0 aliphatic heterocycles. The maximum Gasteiger partial charge on any atom is 0.335 e. The number of nitriles is 1. The van der Waals surface area contributed by atoms with E-state index in [1.54, 1.807) is 0 Å². The SMILES string of the molecule is Cc1cc(C)c(C#N)c(SCCC(=O)Nc2cc(C(=O)O)ccc2Cl)n1. The summed E-state index contributed by atoms with van der Waals surface area (Å²) in [5.74, 6) is -0.977. The first-order chi connectivity index (χ1) is 12.3. The summed E-state index contributed by atoms with van der Waals surface area (Å²) in [5, 5.41) is 21.7. The van der Waals surface area contributed by atoms with Gasteiger partial charge in [-0.15, -0.1) is 11.8 Å². The molecule has 2 N–H and O–H groups in total. The molecule has 1 aromatic carbocycles. The number of anilines is 1. The van der Waals surface area contributed by atoms with Crippen molar-refractivity contribution in [3.05, 3.63) is 51.7 Å². The molecule has 0 radical (unpaired) electrons. The summed E-state index contributed by atoms with van der Waals surface area (Å²) in [6.07, 6.45) is 0.165. The first-order valence-electron chi connectivity index (χ1n) is 7.65. The smallest absolute Gasteiger partial charge is 0.335 e. The monoisotopic (exact) mass is 389 g/mol. The van der Waals surface area contributed by atoms with E-state index in [2.05, 4.69) is 16.4 Å².